The highest BCUT2D eigenvalue weighted by molar-refractivity contribution is 5.72. The van der Waals surface area contributed by atoms with E-state index in [9.17, 15) is 4.39 Å². The monoisotopic (exact) mass is 256 g/mol. The van der Waals surface area contributed by atoms with Crippen LogP contribution in [0.1, 0.15) is 16.7 Å². The molecule has 0 spiro atoms. The highest BCUT2D eigenvalue weighted by Crippen LogP contribution is 2.40. The Balaban J connectivity index is 2.18. The second-order valence-corrected chi connectivity index (χ2v) is 4.21. The van der Waals surface area contributed by atoms with Gasteiger partial charge in [-0.1, -0.05) is 0 Å². The Morgan fingerprint density at radius 2 is 2.16 bits per heavy atom. The lowest BCUT2D eigenvalue weighted by atomic mass is 9.99. The van der Waals surface area contributed by atoms with E-state index < -0.39 is 0 Å². The molecule has 0 fully saturated rings. The molecule has 1 aliphatic rings. The predicted molar refractivity (Wildman–Crippen MR) is 67.1 cm³/mol. The van der Waals surface area contributed by atoms with Crippen molar-refractivity contribution in [1.82, 2.24) is 4.98 Å². The van der Waals surface area contributed by atoms with Crippen molar-refractivity contribution in [3.8, 4) is 17.7 Å². The van der Waals surface area contributed by atoms with Crippen molar-refractivity contribution in [3.63, 3.8) is 0 Å². The normalized spacial score (nSPS) is 12.0. The number of hydrogen-bond acceptors (Lipinski definition) is 5. The van der Waals surface area contributed by atoms with Gasteiger partial charge in [0.25, 0.3) is 0 Å². The Labute approximate surface area is 108 Å². The van der Waals surface area contributed by atoms with Gasteiger partial charge in [-0.2, -0.15) is 10.2 Å². The molecule has 1 aromatic carbocycles. The number of nitrogens with zero attached hydrogens (tertiary/aromatic N) is 2. The van der Waals surface area contributed by atoms with Crippen molar-refractivity contribution in [2.75, 3.05) is 11.5 Å². The van der Waals surface area contributed by atoms with Crippen molar-refractivity contribution < 1.29 is 9.13 Å². The molecule has 2 heterocycles. The molecule has 0 atom stereocenters. The van der Waals surface area contributed by atoms with Gasteiger partial charge >= 0.3 is 0 Å². The number of fused-ring (bicyclic) bond motifs is 2. The quantitative estimate of drug-likeness (QED) is 0.640. The van der Waals surface area contributed by atoms with Crippen LogP contribution in [0.3, 0.4) is 0 Å². The van der Waals surface area contributed by atoms with Crippen LogP contribution in [0, 0.1) is 17.1 Å². The molecule has 0 saturated carbocycles. The van der Waals surface area contributed by atoms with E-state index in [1.165, 1.54) is 18.2 Å². The van der Waals surface area contributed by atoms with Crippen LogP contribution < -0.4 is 16.2 Å². The Morgan fingerprint density at radius 3 is 2.89 bits per heavy atom. The molecular weight excluding hydrogens is 247 g/mol. The van der Waals surface area contributed by atoms with Gasteiger partial charge in [0, 0.05) is 17.5 Å². The number of rotatable bonds is 0. The Hall–Kier alpha value is -2.81. The molecule has 19 heavy (non-hydrogen) atoms. The number of pyridine rings is 1. The van der Waals surface area contributed by atoms with Gasteiger partial charge in [-0.3, -0.25) is 0 Å². The lowest BCUT2D eigenvalue weighted by Gasteiger charge is -2.21. The summed E-state index contributed by atoms with van der Waals surface area (Å²) < 4.78 is 18.8. The van der Waals surface area contributed by atoms with E-state index >= 15 is 0 Å². The van der Waals surface area contributed by atoms with Crippen LogP contribution >= 0.6 is 0 Å². The van der Waals surface area contributed by atoms with E-state index in [2.05, 4.69) is 4.98 Å². The van der Waals surface area contributed by atoms with Gasteiger partial charge in [0.05, 0.1) is 5.69 Å². The number of ether oxygens (including phenoxy) is 1. The van der Waals surface area contributed by atoms with Crippen LogP contribution in [0.15, 0.2) is 18.2 Å². The van der Waals surface area contributed by atoms with Gasteiger partial charge in [0.15, 0.2) is 0 Å². The number of nitrogen functional groups attached to an aromatic ring is 2. The largest absolute Gasteiger partial charge is 0.438 e. The summed E-state index contributed by atoms with van der Waals surface area (Å²) in [5.74, 6) is 0.468. The molecule has 4 N–H and O–H groups in total. The molecule has 3 rings (SSSR count). The summed E-state index contributed by atoms with van der Waals surface area (Å²) in [7, 11) is 0. The summed E-state index contributed by atoms with van der Waals surface area (Å²) in [6, 6.07) is 6.12. The van der Waals surface area contributed by atoms with Crippen molar-refractivity contribution >= 4 is 11.5 Å². The maximum atomic E-state index is 13.2. The molecule has 0 saturated heterocycles. The summed E-state index contributed by atoms with van der Waals surface area (Å²) >= 11 is 0. The maximum Gasteiger partial charge on any atom is 0.226 e. The molecule has 0 aliphatic carbocycles. The van der Waals surface area contributed by atoms with Crippen molar-refractivity contribution in [1.29, 1.82) is 5.26 Å². The number of nitrogens with two attached hydrogens (primary N) is 2. The first kappa shape index (κ1) is 11.3. The molecule has 0 bridgehead atoms. The van der Waals surface area contributed by atoms with Gasteiger partial charge < -0.3 is 16.2 Å². The standard InChI is InChI=1S/C13H9FN4O/c14-7-1-2-10-6(3-7)4-8-11(16)9(5-15)12(17)18-13(8)19-10/h1-3H,4H2,(H4,16,17,18). The minimum atomic E-state index is -0.353. The van der Waals surface area contributed by atoms with E-state index in [0.29, 0.717) is 23.3 Å². The van der Waals surface area contributed by atoms with E-state index in [0.717, 1.165) is 0 Å². The van der Waals surface area contributed by atoms with Crippen LogP contribution in [0.25, 0.3) is 0 Å². The average Bonchev–Trinajstić information content (AvgIpc) is 2.38. The topological polar surface area (TPSA) is 98.0 Å². The van der Waals surface area contributed by atoms with Crippen LogP contribution in [0.4, 0.5) is 15.9 Å². The number of aromatic nitrogens is 1. The third-order valence-corrected chi connectivity index (χ3v) is 3.04. The highest BCUT2D eigenvalue weighted by Gasteiger charge is 2.24. The van der Waals surface area contributed by atoms with Crippen LogP contribution in [0.5, 0.6) is 11.6 Å². The first-order chi connectivity index (χ1) is 9.10. The molecule has 6 heteroatoms. The first-order valence-corrected chi connectivity index (χ1v) is 5.54. The molecule has 5 nitrogen and oxygen atoms in total. The van der Waals surface area contributed by atoms with Crippen molar-refractivity contribution in [2.45, 2.75) is 6.42 Å². The second kappa shape index (κ2) is 3.85. The fraction of sp³-hybridized carbons (Fsp3) is 0.0769. The number of hydrogen-bond donors (Lipinski definition) is 2. The molecule has 1 aromatic heterocycles. The van der Waals surface area contributed by atoms with Crippen LogP contribution in [0.2, 0.25) is 0 Å². The number of anilines is 2. The van der Waals surface area contributed by atoms with Crippen molar-refractivity contribution in [2.24, 2.45) is 0 Å². The van der Waals surface area contributed by atoms with E-state index in [1.54, 1.807) is 0 Å². The second-order valence-electron chi connectivity index (χ2n) is 4.21. The summed E-state index contributed by atoms with van der Waals surface area (Å²) in [5, 5.41) is 8.99. The first-order valence-electron chi connectivity index (χ1n) is 5.54. The minimum Gasteiger partial charge on any atom is -0.438 e. The molecule has 94 valence electrons. The zero-order valence-electron chi connectivity index (χ0n) is 9.77. The van der Waals surface area contributed by atoms with Crippen molar-refractivity contribution in [3.05, 3.63) is 40.7 Å². The molecular formula is C13H9FN4O. The molecule has 0 amide bonds. The van der Waals surface area contributed by atoms with Gasteiger partial charge in [0.1, 0.15) is 29.0 Å². The zero-order chi connectivity index (χ0) is 13.6. The molecule has 1 aliphatic heterocycles. The average molecular weight is 256 g/mol. The Kier molecular flexibility index (Phi) is 2.29. The van der Waals surface area contributed by atoms with Crippen LogP contribution in [-0.4, -0.2) is 4.98 Å². The summed E-state index contributed by atoms with van der Waals surface area (Å²) in [4.78, 5) is 4.03. The fourth-order valence-corrected chi connectivity index (χ4v) is 2.09. The lowest BCUT2D eigenvalue weighted by Crippen LogP contribution is -2.12. The lowest BCUT2D eigenvalue weighted by molar-refractivity contribution is 0.440. The van der Waals surface area contributed by atoms with E-state index in [-0.39, 0.29) is 28.8 Å². The third-order valence-electron chi connectivity index (χ3n) is 3.04. The van der Waals surface area contributed by atoms with Crippen LogP contribution in [-0.2, 0) is 6.42 Å². The minimum absolute atomic E-state index is 0.0318. The van der Waals surface area contributed by atoms with Gasteiger partial charge in [0.2, 0.25) is 5.88 Å². The Morgan fingerprint density at radius 1 is 1.37 bits per heavy atom. The summed E-state index contributed by atoms with van der Waals surface area (Å²) in [6.07, 6.45) is 0.357. The SMILES string of the molecule is N#Cc1c(N)nc2c(c1N)Cc1cc(F)ccc1O2. The predicted octanol–water partition coefficient (Wildman–Crippen LogP) is 1.95. The summed E-state index contributed by atoms with van der Waals surface area (Å²) in [5.41, 5.74) is 13.1. The number of nitriles is 1. The number of benzene rings is 1. The van der Waals surface area contributed by atoms with Gasteiger partial charge in [-0.25, -0.2) is 4.39 Å². The van der Waals surface area contributed by atoms with E-state index in [1.807, 2.05) is 6.07 Å². The molecule has 0 unspecified atom stereocenters. The Bertz CT molecular complexity index is 736. The third kappa shape index (κ3) is 1.64. The summed E-state index contributed by atoms with van der Waals surface area (Å²) in [6.45, 7) is 0. The molecule has 0 radical (unpaired) electrons. The van der Waals surface area contributed by atoms with Gasteiger partial charge in [-0.05, 0) is 18.2 Å². The smallest absolute Gasteiger partial charge is 0.226 e. The molecule has 2 aromatic rings. The van der Waals surface area contributed by atoms with E-state index in [4.69, 9.17) is 21.5 Å². The zero-order valence-corrected chi connectivity index (χ0v) is 9.77. The van der Waals surface area contributed by atoms with Gasteiger partial charge in [-0.15, -0.1) is 0 Å². The fourth-order valence-electron chi connectivity index (χ4n) is 2.09. The highest BCUT2D eigenvalue weighted by atomic mass is 19.1. The maximum absolute atomic E-state index is 13.2. The number of halogens is 1.